The van der Waals surface area contributed by atoms with E-state index in [9.17, 15) is 4.79 Å². The second kappa shape index (κ2) is 8.26. The van der Waals surface area contributed by atoms with Crippen molar-refractivity contribution < 1.29 is 9.53 Å². The number of nitrogens with one attached hydrogen (secondary N) is 1. The zero-order valence-corrected chi connectivity index (χ0v) is 16.1. The van der Waals surface area contributed by atoms with Crippen molar-refractivity contribution in [1.29, 1.82) is 0 Å². The molecule has 4 heterocycles. The number of ether oxygens (including phenoxy) is 1. The second-order valence-corrected chi connectivity index (χ2v) is 7.42. The van der Waals surface area contributed by atoms with E-state index in [1.165, 1.54) is 11.3 Å². The van der Waals surface area contributed by atoms with Crippen LogP contribution < -0.4 is 15.0 Å². The molecule has 0 aliphatic carbocycles. The first-order valence-electron chi connectivity index (χ1n) is 8.90. The Balaban J connectivity index is 1.29. The van der Waals surface area contributed by atoms with Gasteiger partial charge < -0.3 is 15.0 Å². The van der Waals surface area contributed by atoms with Crippen LogP contribution in [0.5, 0.6) is 5.19 Å². The third-order valence-electron chi connectivity index (χ3n) is 4.26. The topological polar surface area (TPSA) is 106 Å². The lowest BCUT2D eigenvalue weighted by Gasteiger charge is -2.16. The van der Waals surface area contributed by atoms with Gasteiger partial charge in [0.2, 0.25) is 11.0 Å². The monoisotopic (exact) mass is 397 g/mol. The summed E-state index contributed by atoms with van der Waals surface area (Å²) in [4.78, 5) is 18.5. The number of hydrogen-bond donors (Lipinski definition) is 1. The van der Waals surface area contributed by atoms with Crippen LogP contribution in [0.3, 0.4) is 0 Å². The summed E-state index contributed by atoms with van der Waals surface area (Å²) < 4.78 is 5.91. The fourth-order valence-corrected chi connectivity index (χ4v) is 3.65. The Labute approximate surface area is 165 Å². The van der Waals surface area contributed by atoms with Crippen LogP contribution in [-0.2, 0) is 11.2 Å². The molecule has 1 aliphatic rings. The fourth-order valence-electron chi connectivity index (χ4n) is 2.97. The van der Waals surface area contributed by atoms with E-state index < -0.39 is 0 Å². The Morgan fingerprint density at radius 3 is 3.07 bits per heavy atom. The highest BCUT2D eigenvalue weighted by molar-refractivity contribution is 7.17. The van der Waals surface area contributed by atoms with Gasteiger partial charge in [-0.3, -0.25) is 9.78 Å². The molecule has 0 unspecified atom stereocenters. The highest BCUT2D eigenvalue weighted by Gasteiger charge is 2.26. The van der Waals surface area contributed by atoms with Gasteiger partial charge in [-0.05, 0) is 48.1 Å². The van der Waals surface area contributed by atoms with E-state index in [-0.39, 0.29) is 18.4 Å². The van der Waals surface area contributed by atoms with Crippen LogP contribution in [0, 0.1) is 6.92 Å². The van der Waals surface area contributed by atoms with Crippen molar-refractivity contribution in [2.75, 3.05) is 23.3 Å². The van der Waals surface area contributed by atoms with Crippen LogP contribution in [0.1, 0.15) is 17.7 Å². The van der Waals surface area contributed by atoms with Crippen molar-refractivity contribution in [3.63, 3.8) is 0 Å². The second-order valence-electron chi connectivity index (χ2n) is 6.48. The van der Waals surface area contributed by atoms with Gasteiger partial charge in [-0.2, -0.15) is 5.10 Å². The summed E-state index contributed by atoms with van der Waals surface area (Å²) in [6.07, 6.45) is 4.39. The number of anilines is 2. The smallest absolute Gasteiger partial charge is 0.296 e. The first-order chi connectivity index (χ1) is 13.7. The molecule has 1 atom stereocenters. The summed E-state index contributed by atoms with van der Waals surface area (Å²) in [7, 11) is 0. The van der Waals surface area contributed by atoms with Gasteiger partial charge in [0.05, 0.1) is 13.0 Å². The highest BCUT2D eigenvalue weighted by atomic mass is 32.1. The minimum Gasteiger partial charge on any atom is -0.464 e. The van der Waals surface area contributed by atoms with E-state index in [1.807, 2.05) is 31.2 Å². The molecular weight excluding hydrogens is 378 g/mol. The number of pyridine rings is 1. The zero-order chi connectivity index (χ0) is 19.3. The Hall–Kier alpha value is -3.14. The molecule has 28 heavy (non-hydrogen) atoms. The Kier molecular flexibility index (Phi) is 5.38. The average Bonchev–Trinajstić information content (AvgIpc) is 3.32. The minimum absolute atomic E-state index is 0.00463. The first-order valence-corrected chi connectivity index (χ1v) is 9.71. The van der Waals surface area contributed by atoms with E-state index in [2.05, 4.69) is 35.6 Å². The maximum Gasteiger partial charge on any atom is 0.296 e. The lowest BCUT2D eigenvalue weighted by molar-refractivity contribution is -0.115. The number of aromatic nitrogens is 5. The van der Waals surface area contributed by atoms with Crippen LogP contribution in [-0.4, -0.2) is 50.5 Å². The summed E-state index contributed by atoms with van der Waals surface area (Å²) in [5.41, 5.74) is 1.78. The number of rotatable bonds is 6. The van der Waals surface area contributed by atoms with Crippen LogP contribution in [0.2, 0.25) is 0 Å². The predicted molar refractivity (Wildman–Crippen MR) is 104 cm³/mol. The first kappa shape index (κ1) is 18.2. The number of nitrogens with zero attached hydrogens (tertiary/aromatic N) is 6. The van der Waals surface area contributed by atoms with Crippen molar-refractivity contribution in [2.45, 2.75) is 25.9 Å². The Bertz CT molecular complexity index is 950. The third kappa shape index (κ3) is 4.58. The molecule has 0 saturated carbocycles. The molecule has 1 saturated heterocycles. The molecule has 144 valence electrons. The van der Waals surface area contributed by atoms with Crippen LogP contribution in [0.4, 0.5) is 10.9 Å². The van der Waals surface area contributed by atoms with Gasteiger partial charge >= 0.3 is 0 Å². The fraction of sp³-hybridized carbons (Fsp3) is 0.333. The molecule has 1 amide bonds. The predicted octanol–water partition coefficient (Wildman–Crippen LogP) is 1.87. The van der Waals surface area contributed by atoms with E-state index in [1.54, 1.807) is 12.4 Å². The van der Waals surface area contributed by atoms with E-state index >= 15 is 0 Å². The molecule has 3 aromatic heterocycles. The maximum absolute atomic E-state index is 12.2. The molecule has 1 fully saturated rings. The summed E-state index contributed by atoms with van der Waals surface area (Å²) in [5, 5.41) is 19.6. The van der Waals surface area contributed by atoms with Gasteiger partial charge in [-0.25, -0.2) is 0 Å². The molecule has 3 aromatic rings. The SMILES string of the molecule is Cc1ccnc(CC(=O)Nc2nnc(O[C@@H]3CCN(c4cccnn4)C3)s2)c1. The van der Waals surface area contributed by atoms with Gasteiger partial charge in [0.1, 0.15) is 6.10 Å². The molecule has 0 spiro atoms. The van der Waals surface area contributed by atoms with E-state index in [4.69, 9.17) is 4.74 Å². The minimum atomic E-state index is -0.185. The molecule has 9 nitrogen and oxygen atoms in total. The van der Waals surface area contributed by atoms with Crippen molar-refractivity contribution in [3.05, 3.63) is 47.9 Å². The van der Waals surface area contributed by atoms with Gasteiger partial charge in [-0.1, -0.05) is 5.10 Å². The quantitative estimate of drug-likeness (QED) is 0.672. The van der Waals surface area contributed by atoms with Crippen molar-refractivity contribution in [1.82, 2.24) is 25.4 Å². The number of carbonyl (C=O) groups excluding carboxylic acids is 1. The van der Waals surface area contributed by atoms with Gasteiger partial charge in [0.25, 0.3) is 5.19 Å². The number of carbonyl (C=O) groups is 1. The molecular formula is C18H19N7O2S. The third-order valence-corrected chi connectivity index (χ3v) is 4.99. The lowest BCUT2D eigenvalue weighted by atomic mass is 10.2. The van der Waals surface area contributed by atoms with Gasteiger partial charge in [0.15, 0.2) is 5.82 Å². The highest BCUT2D eigenvalue weighted by Crippen LogP contribution is 2.26. The maximum atomic E-state index is 12.2. The molecule has 1 N–H and O–H groups in total. The summed E-state index contributed by atoms with van der Waals surface area (Å²) in [5.74, 6) is 0.652. The van der Waals surface area contributed by atoms with Crippen LogP contribution in [0.15, 0.2) is 36.7 Å². The molecule has 0 radical (unpaired) electrons. The Morgan fingerprint density at radius 1 is 1.32 bits per heavy atom. The van der Waals surface area contributed by atoms with Crippen LogP contribution >= 0.6 is 11.3 Å². The molecule has 10 heteroatoms. The van der Waals surface area contributed by atoms with E-state index in [0.717, 1.165) is 24.3 Å². The molecule has 4 rings (SSSR count). The standard InChI is InChI=1S/C18H19N7O2S/c1-12-4-7-19-13(9-12)10-16(26)21-17-23-24-18(28-17)27-14-5-8-25(11-14)15-3-2-6-20-22-15/h2-4,6-7,9,14H,5,8,10-11H2,1H3,(H,21,23,26)/t14-/m1/s1. The summed E-state index contributed by atoms with van der Waals surface area (Å²) in [6.45, 7) is 3.51. The number of amides is 1. The largest absolute Gasteiger partial charge is 0.464 e. The van der Waals surface area contributed by atoms with Crippen molar-refractivity contribution >= 4 is 28.2 Å². The van der Waals surface area contributed by atoms with Gasteiger partial charge in [0, 0.05) is 31.1 Å². The van der Waals surface area contributed by atoms with Gasteiger partial charge in [-0.15, -0.1) is 10.2 Å². The van der Waals surface area contributed by atoms with Crippen molar-refractivity contribution in [2.24, 2.45) is 0 Å². The normalized spacial score (nSPS) is 16.2. The summed E-state index contributed by atoms with van der Waals surface area (Å²) in [6, 6.07) is 7.57. The van der Waals surface area contributed by atoms with Crippen molar-refractivity contribution in [3.8, 4) is 5.19 Å². The molecule has 0 aromatic carbocycles. The number of hydrogen-bond acceptors (Lipinski definition) is 9. The van der Waals surface area contributed by atoms with Crippen LogP contribution in [0.25, 0.3) is 0 Å². The number of aryl methyl sites for hydroxylation is 1. The molecule has 1 aliphatic heterocycles. The zero-order valence-electron chi connectivity index (χ0n) is 15.3. The summed E-state index contributed by atoms with van der Waals surface area (Å²) >= 11 is 1.22. The average molecular weight is 397 g/mol. The molecule has 0 bridgehead atoms. The van der Waals surface area contributed by atoms with E-state index in [0.29, 0.717) is 22.6 Å². The lowest BCUT2D eigenvalue weighted by Crippen LogP contribution is -2.25. The Morgan fingerprint density at radius 2 is 2.25 bits per heavy atom.